The van der Waals surface area contributed by atoms with Crippen molar-refractivity contribution >= 4 is 27.5 Å². The number of sulfonamides is 1. The number of imide groups is 1. The molecule has 2 aromatic rings. The third kappa shape index (κ3) is 4.33. The number of nitrogens with one attached hydrogen (secondary N) is 1. The number of carbonyl (C=O) groups excluding carboxylic acids is 2. The van der Waals surface area contributed by atoms with Gasteiger partial charge < -0.3 is 4.74 Å². The van der Waals surface area contributed by atoms with Gasteiger partial charge in [0.05, 0.1) is 17.7 Å². The van der Waals surface area contributed by atoms with Gasteiger partial charge in [0.15, 0.2) is 0 Å². The van der Waals surface area contributed by atoms with Crippen LogP contribution in [0.1, 0.15) is 43.4 Å². The van der Waals surface area contributed by atoms with Crippen molar-refractivity contribution in [3.05, 3.63) is 53.6 Å². The number of ether oxygens (including phenoxy) is 1. The van der Waals surface area contributed by atoms with Crippen molar-refractivity contribution in [2.24, 2.45) is 0 Å². The average Bonchev–Trinajstić information content (AvgIpc) is 3.04. The summed E-state index contributed by atoms with van der Waals surface area (Å²) in [4.78, 5) is 25.2. The Balaban J connectivity index is 1.96. The van der Waals surface area contributed by atoms with E-state index in [1.54, 1.807) is 0 Å². The normalized spacial score (nSPS) is 15.6. The van der Waals surface area contributed by atoms with E-state index in [2.05, 4.69) is 4.72 Å². The summed E-state index contributed by atoms with van der Waals surface area (Å²) in [5.74, 6) is -0.484. The van der Waals surface area contributed by atoms with Gasteiger partial charge in [-0.15, -0.1) is 0 Å². The van der Waals surface area contributed by atoms with Crippen LogP contribution in [0.5, 0.6) is 5.75 Å². The Morgan fingerprint density at radius 3 is 2.24 bits per heavy atom. The van der Waals surface area contributed by atoms with E-state index in [1.807, 2.05) is 38.1 Å². The topological polar surface area (TPSA) is 92.8 Å². The molecule has 7 nitrogen and oxygen atoms in total. The van der Waals surface area contributed by atoms with Gasteiger partial charge in [0.1, 0.15) is 5.75 Å². The summed E-state index contributed by atoms with van der Waals surface area (Å²) < 4.78 is 34.0. The standard InChI is InChI=1S/C21H24N2O5S/c1-4-17(15-7-5-14(2)6-8-15)22-29(26,27)16-9-10-19(28-3)18(13-16)23-20(24)11-12-21(23)25/h5-10,13,17,22H,4,11-12H2,1-3H3. The minimum atomic E-state index is -3.90. The average molecular weight is 416 g/mol. The molecule has 0 bridgehead atoms. The summed E-state index contributed by atoms with van der Waals surface area (Å²) in [7, 11) is -2.49. The molecule has 29 heavy (non-hydrogen) atoms. The van der Waals surface area contributed by atoms with Crippen molar-refractivity contribution in [3.8, 4) is 5.75 Å². The minimum absolute atomic E-state index is 0.0358. The Morgan fingerprint density at radius 2 is 1.69 bits per heavy atom. The third-order valence-electron chi connectivity index (χ3n) is 4.94. The van der Waals surface area contributed by atoms with Gasteiger partial charge in [-0.25, -0.2) is 18.0 Å². The number of hydrogen-bond acceptors (Lipinski definition) is 5. The molecule has 1 fully saturated rings. The molecule has 1 atom stereocenters. The number of rotatable bonds is 7. The number of amides is 2. The fourth-order valence-corrected chi connectivity index (χ4v) is 4.63. The molecule has 1 saturated heterocycles. The summed E-state index contributed by atoms with van der Waals surface area (Å²) in [5.41, 5.74) is 2.10. The fraction of sp³-hybridized carbons (Fsp3) is 0.333. The Hall–Kier alpha value is -2.71. The minimum Gasteiger partial charge on any atom is -0.495 e. The van der Waals surface area contributed by atoms with Crippen LogP contribution in [0.25, 0.3) is 0 Å². The predicted octanol–water partition coefficient (Wildman–Crippen LogP) is 3.09. The molecule has 0 spiro atoms. The number of hydrogen-bond donors (Lipinski definition) is 1. The molecule has 3 rings (SSSR count). The summed E-state index contributed by atoms with van der Waals surface area (Å²) in [6.07, 6.45) is 0.763. The molecule has 2 aromatic carbocycles. The zero-order valence-electron chi connectivity index (χ0n) is 16.6. The van der Waals surface area contributed by atoms with Crippen molar-refractivity contribution < 1.29 is 22.7 Å². The smallest absolute Gasteiger partial charge is 0.241 e. The number of anilines is 1. The van der Waals surface area contributed by atoms with Crippen molar-refractivity contribution in [1.82, 2.24) is 4.72 Å². The van der Waals surface area contributed by atoms with E-state index in [1.165, 1.54) is 25.3 Å². The summed E-state index contributed by atoms with van der Waals surface area (Å²) in [6, 6.07) is 11.4. The molecule has 1 N–H and O–H groups in total. The molecule has 1 aliphatic rings. The second-order valence-electron chi connectivity index (χ2n) is 6.95. The largest absolute Gasteiger partial charge is 0.495 e. The van der Waals surface area contributed by atoms with Crippen LogP contribution >= 0.6 is 0 Å². The highest BCUT2D eigenvalue weighted by Crippen LogP contribution is 2.34. The molecule has 0 aromatic heterocycles. The Labute approximate surface area is 170 Å². The highest BCUT2D eigenvalue weighted by atomic mass is 32.2. The van der Waals surface area contributed by atoms with Gasteiger partial charge in [0, 0.05) is 18.9 Å². The molecule has 0 radical (unpaired) electrons. The van der Waals surface area contributed by atoms with Crippen molar-refractivity contribution in [2.45, 2.75) is 44.0 Å². The van der Waals surface area contributed by atoms with Crippen LogP contribution in [0.3, 0.4) is 0 Å². The molecule has 2 amide bonds. The van der Waals surface area contributed by atoms with Crippen LogP contribution in [-0.4, -0.2) is 27.3 Å². The van der Waals surface area contributed by atoms with Gasteiger partial charge in [0.2, 0.25) is 21.8 Å². The number of methoxy groups -OCH3 is 1. The lowest BCUT2D eigenvalue weighted by Gasteiger charge is -2.21. The molecule has 0 aliphatic carbocycles. The lowest BCUT2D eigenvalue weighted by atomic mass is 10.0. The van der Waals surface area contributed by atoms with Crippen molar-refractivity contribution in [3.63, 3.8) is 0 Å². The van der Waals surface area contributed by atoms with E-state index in [9.17, 15) is 18.0 Å². The first kappa shape index (κ1) is 21.0. The van der Waals surface area contributed by atoms with Crippen LogP contribution < -0.4 is 14.4 Å². The van der Waals surface area contributed by atoms with Crippen LogP contribution in [0.2, 0.25) is 0 Å². The van der Waals surface area contributed by atoms with E-state index in [4.69, 9.17) is 4.74 Å². The molecule has 1 unspecified atom stereocenters. The second kappa shape index (κ2) is 8.34. The van der Waals surface area contributed by atoms with Crippen LogP contribution in [-0.2, 0) is 19.6 Å². The van der Waals surface area contributed by atoms with Gasteiger partial charge in [-0.05, 0) is 37.1 Å². The number of carbonyl (C=O) groups is 2. The molecule has 154 valence electrons. The van der Waals surface area contributed by atoms with Gasteiger partial charge in [-0.1, -0.05) is 36.8 Å². The summed E-state index contributed by atoms with van der Waals surface area (Å²) >= 11 is 0. The van der Waals surface area contributed by atoms with Crippen LogP contribution in [0, 0.1) is 6.92 Å². The van der Waals surface area contributed by atoms with Crippen molar-refractivity contribution in [2.75, 3.05) is 12.0 Å². The summed E-state index contributed by atoms with van der Waals surface area (Å²) in [6.45, 7) is 3.86. The Bertz CT molecular complexity index is 1020. The molecule has 8 heteroatoms. The van der Waals surface area contributed by atoms with Crippen LogP contribution in [0.15, 0.2) is 47.4 Å². The van der Waals surface area contributed by atoms with Crippen molar-refractivity contribution in [1.29, 1.82) is 0 Å². The highest BCUT2D eigenvalue weighted by Gasteiger charge is 2.33. The molecular formula is C21H24N2O5S. The fourth-order valence-electron chi connectivity index (χ4n) is 3.30. The number of benzene rings is 2. The molecule has 0 saturated carbocycles. The molecule has 1 aliphatic heterocycles. The maximum atomic E-state index is 13.0. The van der Waals surface area contributed by atoms with E-state index in [0.29, 0.717) is 6.42 Å². The number of nitrogens with zero attached hydrogens (tertiary/aromatic N) is 1. The third-order valence-corrected chi connectivity index (χ3v) is 6.41. The molecule has 1 heterocycles. The molecular weight excluding hydrogens is 392 g/mol. The SMILES string of the molecule is CCC(NS(=O)(=O)c1ccc(OC)c(N2C(=O)CCC2=O)c1)c1ccc(C)cc1. The van der Waals surface area contributed by atoms with Gasteiger partial charge in [0.25, 0.3) is 0 Å². The van der Waals surface area contributed by atoms with Gasteiger partial charge >= 0.3 is 0 Å². The lowest BCUT2D eigenvalue weighted by molar-refractivity contribution is -0.121. The first-order valence-corrected chi connectivity index (χ1v) is 10.9. The van der Waals surface area contributed by atoms with Crippen LogP contribution in [0.4, 0.5) is 5.69 Å². The maximum Gasteiger partial charge on any atom is 0.241 e. The van der Waals surface area contributed by atoms with E-state index in [-0.39, 0.29) is 41.0 Å². The Kier molecular flexibility index (Phi) is 6.04. The first-order chi connectivity index (χ1) is 13.8. The lowest BCUT2D eigenvalue weighted by Crippen LogP contribution is -2.31. The van der Waals surface area contributed by atoms with E-state index in [0.717, 1.165) is 16.0 Å². The number of aryl methyl sites for hydroxylation is 1. The second-order valence-corrected chi connectivity index (χ2v) is 8.66. The Morgan fingerprint density at radius 1 is 1.07 bits per heavy atom. The van der Waals surface area contributed by atoms with E-state index < -0.39 is 16.1 Å². The monoisotopic (exact) mass is 416 g/mol. The quantitative estimate of drug-likeness (QED) is 0.700. The first-order valence-electron chi connectivity index (χ1n) is 9.39. The summed E-state index contributed by atoms with van der Waals surface area (Å²) in [5, 5.41) is 0. The van der Waals surface area contributed by atoms with E-state index >= 15 is 0 Å². The zero-order valence-corrected chi connectivity index (χ0v) is 17.5. The van der Waals surface area contributed by atoms with Gasteiger partial charge in [-0.2, -0.15) is 0 Å². The zero-order chi connectivity index (χ0) is 21.2. The maximum absolute atomic E-state index is 13.0. The predicted molar refractivity (Wildman–Crippen MR) is 109 cm³/mol. The highest BCUT2D eigenvalue weighted by molar-refractivity contribution is 7.89. The van der Waals surface area contributed by atoms with Gasteiger partial charge in [-0.3, -0.25) is 9.59 Å².